The van der Waals surface area contributed by atoms with Gasteiger partial charge in [-0.05, 0) is 52.0 Å². The Hall–Kier alpha value is -6.72. The Kier molecular flexibility index (Phi) is 8.91. The maximum absolute atomic E-state index is 13.2. The maximum Gasteiger partial charge on any atom is 0.278 e. The Labute approximate surface area is 284 Å². The van der Waals surface area contributed by atoms with Gasteiger partial charge in [0.1, 0.15) is 11.0 Å². The standard InChI is InChI=1S/C32H34N14O4/c1-5-45-17(3)11-23(41-45)29(49)39-31-37-21-13-19(25(33)47)15-35-27(21)43(31)9-7-8-10-44-28-22(14-20(16-36-28)26(34)48)38-32(44)40-30(50)24-12-18(4)46(6-2)42-24/h7-8,11-16H,5-6,9-10H2,1-4H3,(H2,33,47)(H2,34,48)(H,37,39,49)(H,38,40,50)/b8-7+. The van der Waals surface area contributed by atoms with Crippen molar-refractivity contribution in [3.8, 4) is 0 Å². The largest absolute Gasteiger partial charge is 0.366 e. The van der Waals surface area contributed by atoms with Crippen molar-refractivity contribution in [3.63, 3.8) is 0 Å². The summed E-state index contributed by atoms with van der Waals surface area (Å²) in [5.74, 6) is -1.92. The highest BCUT2D eigenvalue weighted by Crippen LogP contribution is 2.22. The fourth-order valence-electron chi connectivity index (χ4n) is 5.40. The topological polar surface area (TPSA) is 241 Å². The van der Waals surface area contributed by atoms with Crippen LogP contribution in [0.5, 0.6) is 0 Å². The summed E-state index contributed by atoms with van der Waals surface area (Å²) >= 11 is 0. The van der Waals surface area contributed by atoms with E-state index in [1.807, 2.05) is 27.7 Å². The molecule has 0 aliphatic rings. The third kappa shape index (κ3) is 6.40. The monoisotopic (exact) mass is 678 g/mol. The second-order valence-electron chi connectivity index (χ2n) is 11.3. The van der Waals surface area contributed by atoms with Gasteiger partial charge >= 0.3 is 0 Å². The molecule has 0 aliphatic heterocycles. The van der Waals surface area contributed by atoms with Gasteiger partial charge in [-0.1, -0.05) is 12.2 Å². The zero-order valence-electron chi connectivity index (χ0n) is 27.7. The second-order valence-corrected chi connectivity index (χ2v) is 11.3. The molecule has 6 N–H and O–H groups in total. The molecular weight excluding hydrogens is 644 g/mol. The van der Waals surface area contributed by atoms with Gasteiger partial charge in [-0.3, -0.25) is 48.3 Å². The lowest BCUT2D eigenvalue weighted by atomic mass is 10.2. The van der Waals surface area contributed by atoms with Gasteiger partial charge in [-0.25, -0.2) is 19.9 Å². The summed E-state index contributed by atoms with van der Waals surface area (Å²) in [6.45, 7) is 9.16. The Morgan fingerprint density at radius 3 is 1.42 bits per heavy atom. The predicted octanol–water partition coefficient (Wildman–Crippen LogP) is 2.18. The van der Waals surface area contributed by atoms with E-state index in [-0.39, 0.29) is 47.5 Å². The molecule has 0 aliphatic carbocycles. The van der Waals surface area contributed by atoms with Crippen molar-refractivity contribution in [1.29, 1.82) is 0 Å². The van der Waals surface area contributed by atoms with E-state index >= 15 is 0 Å². The minimum absolute atomic E-state index is 0.165. The number of carbonyl (C=O) groups excluding carboxylic acids is 4. The molecule has 0 radical (unpaired) electrons. The van der Waals surface area contributed by atoms with Crippen molar-refractivity contribution in [2.75, 3.05) is 10.6 Å². The molecule has 18 heteroatoms. The highest BCUT2D eigenvalue weighted by Gasteiger charge is 2.20. The maximum atomic E-state index is 13.2. The zero-order valence-corrected chi connectivity index (χ0v) is 27.7. The molecule has 0 spiro atoms. The molecule has 0 aromatic carbocycles. The first-order valence-corrected chi connectivity index (χ1v) is 15.7. The predicted molar refractivity (Wildman–Crippen MR) is 182 cm³/mol. The zero-order chi connectivity index (χ0) is 35.7. The number of aromatic nitrogens is 10. The summed E-state index contributed by atoms with van der Waals surface area (Å²) in [7, 11) is 0. The van der Waals surface area contributed by atoms with E-state index in [9.17, 15) is 19.2 Å². The first-order valence-electron chi connectivity index (χ1n) is 15.7. The van der Waals surface area contributed by atoms with Crippen LogP contribution in [0.1, 0.15) is 66.9 Å². The summed E-state index contributed by atoms with van der Waals surface area (Å²) in [5, 5.41) is 14.3. The number of nitrogens with one attached hydrogen (secondary N) is 2. The van der Waals surface area contributed by atoms with Crippen molar-refractivity contribution < 1.29 is 19.2 Å². The lowest BCUT2D eigenvalue weighted by Gasteiger charge is -2.08. The van der Waals surface area contributed by atoms with E-state index in [0.29, 0.717) is 35.4 Å². The number of nitrogens with zero attached hydrogens (tertiary/aromatic N) is 10. The van der Waals surface area contributed by atoms with Crippen LogP contribution in [0.15, 0.2) is 48.8 Å². The Bertz CT molecular complexity index is 2180. The number of nitrogens with two attached hydrogens (primary N) is 2. The molecule has 0 atom stereocenters. The number of hydrogen-bond donors (Lipinski definition) is 4. The molecule has 6 aromatic heterocycles. The van der Waals surface area contributed by atoms with Crippen molar-refractivity contribution in [1.82, 2.24) is 48.6 Å². The number of anilines is 2. The normalized spacial score (nSPS) is 11.5. The van der Waals surface area contributed by atoms with E-state index in [2.05, 4.69) is 40.8 Å². The molecule has 0 bridgehead atoms. The van der Waals surface area contributed by atoms with Crippen LogP contribution in [0.2, 0.25) is 0 Å². The van der Waals surface area contributed by atoms with Crippen LogP contribution in [0.4, 0.5) is 11.9 Å². The number of fused-ring (bicyclic) bond motifs is 2. The van der Waals surface area contributed by atoms with Crippen LogP contribution in [0.3, 0.4) is 0 Å². The van der Waals surface area contributed by atoms with E-state index in [1.54, 1.807) is 42.8 Å². The number of primary amides is 2. The number of rotatable bonds is 12. The molecule has 0 saturated carbocycles. The quantitative estimate of drug-likeness (QED) is 0.138. The molecule has 256 valence electrons. The van der Waals surface area contributed by atoms with Gasteiger partial charge in [-0.2, -0.15) is 10.2 Å². The number of allylic oxidation sites excluding steroid dienone is 2. The highest BCUT2D eigenvalue weighted by atomic mass is 16.2. The number of carbonyl (C=O) groups is 4. The van der Waals surface area contributed by atoms with Gasteiger partial charge in [0, 0.05) is 50.0 Å². The third-order valence-corrected chi connectivity index (χ3v) is 7.96. The number of hydrogen-bond acceptors (Lipinski definition) is 10. The van der Waals surface area contributed by atoms with Crippen LogP contribution in [0, 0.1) is 13.8 Å². The van der Waals surface area contributed by atoms with Crippen LogP contribution in [0.25, 0.3) is 22.3 Å². The van der Waals surface area contributed by atoms with Gasteiger partial charge in [0.15, 0.2) is 22.7 Å². The van der Waals surface area contributed by atoms with Crippen molar-refractivity contribution in [2.45, 2.75) is 53.9 Å². The van der Waals surface area contributed by atoms with E-state index in [0.717, 1.165) is 11.4 Å². The molecule has 6 heterocycles. The fraction of sp³-hybridized carbons (Fsp3) is 0.250. The molecule has 6 aromatic rings. The lowest BCUT2D eigenvalue weighted by molar-refractivity contribution is 0.0991. The molecule has 18 nitrogen and oxygen atoms in total. The molecule has 4 amide bonds. The smallest absolute Gasteiger partial charge is 0.278 e. The van der Waals surface area contributed by atoms with E-state index in [4.69, 9.17) is 11.5 Å². The number of aryl methyl sites for hydroxylation is 4. The second kappa shape index (κ2) is 13.4. The molecule has 0 unspecified atom stereocenters. The summed E-state index contributed by atoms with van der Waals surface area (Å²) in [6, 6.07) is 6.36. The minimum atomic E-state index is -0.666. The Morgan fingerprint density at radius 1 is 0.680 bits per heavy atom. The molecule has 0 saturated heterocycles. The first kappa shape index (κ1) is 33.2. The number of imidazole rings is 2. The van der Waals surface area contributed by atoms with Crippen LogP contribution in [-0.2, 0) is 26.2 Å². The summed E-state index contributed by atoms with van der Waals surface area (Å²) < 4.78 is 6.74. The van der Waals surface area contributed by atoms with Crippen molar-refractivity contribution in [2.24, 2.45) is 11.5 Å². The molecular formula is C32H34N14O4. The first-order chi connectivity index (χ1) is 24.0. The van der Waals surface area contributed by atoms with Gasteiger partial charge in [0.05, 0.1) is 11.1 Å². The molecule has 50 heavy (non-hydrogen) atoms. The summed E-state index contributed by atoms with van der Waals surface area (Å²) in [5.41, 5.74) is 14.8. The number of pyridine rings is 2. The van der Waals surface area contributed by atoms with Gasteiger partial charge in [0.2, 0.25) is 23.7 Å². The molecule has 6 rings (SSSR count). The van der Waals surface area contributed by atoms with Crippen LogP contribution in [-0.4, -0.2) is 72.3 Å². The fourth-order valence-corrected chi connectivity index (χ4v) is 5.40. The Morgan fingerprint density at radius 2 is 1.08 bits per heavy atom. The molecule has 0 fully saturated rings. The van der Waals surface area contributed by atoms with Crippen LogP contribution >= 0.6 is 0 Å². The average molecular weight is 679 g/mol. The third-order valence-electron chi connectivity index (χ3n) is 7.96. The van der Waals surface area contributed by atoms with Crippen LogP contribution < -0.4 is 22.1 Å². The van der Waals surface area contributed by atoms with Crippen molar-refractivity contribution in [3.05, 3.63) is 82.7 Å². The van der Waals surface area contributed by atoms with Gasteiger partial charge in [-0.15, -0.1) is 0 Å². The summed E-state index contributed by atoms with van der Waals surface area (Å²) in [4.78, 5) is 67.9. The van der Waals surface area contributed by atoms with Crippen molar-refractivity contribution >= 4 is 57.9 Å². The SMILES string of the molecule is CCn1nc(C(=O)Nc2nc3cc(C(N)=O)cnc3n2C/C=C/Cn2c(NC(=O)c3cc(C)n(CC)n3)nc3cc(C(N)=O)cnc32)cc1C. The number of amides is 4. The van der Waals surface area contributed by atoms with Gasteiger partial charge in [0.25, 0.3) is 11.8 Å². The van der Waals surface area contributed by atoms with Gasteiger partial charge < -0.3 is 11.5 Å². The minimum Gasteiger partial charge on any atom is -0.366 e. The van der Waals surface area contributed by atoms with E-state index in [1.165, 1.54) is 24.5 Å². The van der Waals surface area contributed by atoms with E-state index < -0.39 is 23.6 Å². The lowest BCUT2D eigenvalue weighted by Crippen LogP contribution is -2.17. The highest BCUT2D eigenvalue weighted by molar-refractivity contribution is 6.04. The Balaban J connectivity index is 1.30. The summed E-state index contributed by atoms with van der Waals surface area (Å²) in [6.07, 6.45) is 6.29. The average Bonchev–Trinajstić information content (AvgIpc) is 3.84.